The molecule has 2 heterocycles. The highest BCUT2D eigenvalue weighted by atomic mass is 16.2. The molecule has 0 spiro atoms. The molecule has 0 saturated carbocycles. The summed E-state index contributed by atoms with van der Waals surface area (Å²) >= 11 is 0. The average molecular weight is 310 g/mol. The lowest BCUT2D eigenvalue weighted by Crippen LogP contribution is -2.71. The van der Waals surface area contributed by atoms with Crippen LogP contribution >= 0.6 is 0 Å². The van der Waals surface area contributed by atoms with Gasteiger partial charge < -0.3 is 9.80 Å². The SMILES string of the molecule is CN1C[C@](C)([C@@]2(C)CN(C)C(=O)N(C)C2=O)C(=O)N(C)C1=O. The van der Waals surface area contributed by atoms with Crippen molar-refractivity contribution in [2.24, 2.45) is 10.8 Å². The standard InChI is InChI=1S/C14H22N4O4/c1-13(7-15(3)11(21)17(5)9(13)19)14(2)8-16(4)12(22)18(6)10(14)20/h7-8H2,1-6H3/t13-,14-/m0/s1. The molecule has 0 unspecified atom stereocenters. The van der Waals surface area contributed by atoms with Crippen molar-refractivity contribution in [2.45, 2.75) is 13.8 Å². The Morgan fingerprint density at radius 1 is 0.682 bits per heavy atom. The molecule has 0 bridgehead atoms. The number of amides is 6. The van der Waals surface area contributed by atoms with Gasteiger partial charge in [-0.15, -0.1) is 0 Å². The average Bonchev–Trinajstić information content (AvgIpc) is 2.46. The van der Waals surface area contributed by atoms with Gasteiger partial charge in [0.15, 0.2) is 0 Å². The second kappa shape index (κ2) is 4.69. The molecule has 8 heteroatoms. The minimum absolute atomic E-state index is 0.132. The summed E-state index contributed by atoms with van der Waals surface area (Å²) in [5.41, 5.74) is -2.21. The van der Waals surface area contributed by atoms with Crippen LogP contribution in [0.5, 0.6) is 0 Å². The van der Waals surface area contributed by atoms with Crippen LogP contribution in [0.2, 0.25) is 0 Å². The van der Waals surface area contributed by atoms with Gasteiger partial charge in [0.25, 0.3) is 0 Å². The maximum atomic E-state index is 12.8. The van der Waals surface area contributed by atoms with Crippen molar-refractivity contribution in [1.29, 1.82) is 0 Å². The highest BCUT2D eigenvalue weighted by Crippen LogP contribution is 2.46. The van der Waals surface area contributed by atoms with Crippen molar-refractivity contribution in [3.05, 3.63) is 0 Å². The van der Waals surface area contributed by atoms with Gasteiger partial charge in [-0.25, -0.2) is 9.59 Å². The first-order valence-electron chi connectivity index (χ1n) is 7.04. The summed E-state index contributed by atoms with van der Waals surface area (Å²) in [5.74, 6) is -0.801. The zero-order valence-corrected chi connectivity index (χ0v) is 13.8. The summed E-state index contributed by atoms with van der Waals surface area (Å²) in [6.45, 7) is 3.63. The van der Waals surface area contributed by atoms with Crippen molar-refractivity contribution in [2.75, 3.05) is 41.3 Å². The summed E-state index contributed by atoms with van der Waals surface area (Å²) in [7, 11) is 6.01. The third-order valence-corrected chi connectivity index (χ3v) is 5.10. The van der Waals surface area contributed by atoms with E-state index in [0.717, 1.165) is 9.80 Å². The molecule has 2 atom stereocenters. The van der Waals surface area contributed by atoms with Crippen molar-refractivity contribution in [3.8, 4) is 0 Å². The topological polar surface area (TPSA) is 81.2 Å². The number of nitrogens with zero attached hydrogens (tertiary/aromatic N) is 4. The molecule has 2 fully saturated rings. The monoisotopic (exact) mass is 310 g/mol. The Bertz CT molecular complexity index is 527. The Labute approximate surface area is 129 Å². The Morgan fingerprint density at radius 2 is 0.955 bits per heavy atom. The highest BCUT2D eigenvalue weighted by Gasteiger charge is 2.62. The van der Waals surface area contributed by atoms with Gasteiger partial charge in [0.1, 0.15) is 0 Å². The Hall–Kier alpha value is -2.12. The van der Waals surface area contributed by atoms with Gasteiger partial charge in [-0.3, -0.25) is 19.4 Å². The summed E-state index contributed by atoms with van der Waals surface area (Å²) < 4.78 is 0. The molecule has 2 saturated heterocycles. The maximum absolute atomic E-state index is 12.8. The number of hydrogen-bond acceptors (Lipinski definition) is 4. The molecule has 0 radical (unpaired) electrons. The van der Waals surface area contributed by atoms with Crippen LogP contribution in [-0.2, 0) is 9.59 Å². The van der Waals surface area contributed by atoms with E-state index in [1.165, 1.54) is 23.9 Å². The van der Waals surface area contributed by atoms with Crippen LogP contribution < -0.4 is 0 Å². The van der Waals surface area contributed by atoms with E-state index in [-0.39, 0.29) is 13.1 Å². The molecule has 0 aliphatic carbocycles. The van der Waals surface area contributed by atoms with Crippen LogP contribution in [0.3, 0.4) is 0 Å². The Morgan fingerprint density at radius 3 is 1.23 bits per heavy atom. The molecule has 2 aliphatic rings. The lowest BCUT2D eigenvalue weighted by molar-refractivity contribution is -0.166. The molecular formula is C14H22N4O4. The highest BCUT2D eigenvalue weighted by molar-refractivity contribution is 6.06. The summed E-state index contributed by atoms with van der Waals surface area (Å²) in [6, 6.07) is -0.792. The van der Waals surface area contributed by atoms with Gasteiger partial charge in [-0.05, 0) is 13.8 Å². The van der Waals surface area contributed by atoms with Crippen LogP contribution in [0.15, 0.2) is 0 Å². The predicted molar refractivity (Wildman–Crippen MR) is 77.8 cm³/mol. The van der Waals surface area contributed by atoms with Crippen LogP contribution in [0.25, 0.3) is 0 Å². The largest absolute Gasteiger partial charge is 0.326 e. The number of carbonyl (C=O) groups is 4. The number of carbonyl (C=O) groups excluding carboxylic acids is 4. The van der Waals surface area contributed by atoms with E-state index in [0.29, 0.717) is 0 Å². The number of rotatable bonds is 1. The minimum Gasteiger partial charge on any atom is -0.326 e. The van der Waals surface area contributed by atoms with Crippen LogP contribution in [-0.4, -0.2) is 84.8 Å². The zero-order valence-electron chi connectivity index (χ0n) is 13.8. The molecular weight excluding hydrogens is 288 g/mol. The summed E-state index contributed by atoms with van der Waals surface area (Å²) in [6.07, 6.45) is 0. The Kier molecular flexibility index (Phi) is 3.46. The van der Waals surface area contributed by atoms with Gasteiger partial charge in [0.05, 0.1) is 10.8 Å². The van der Waals surface area contributed by atoms with Crippen LogP contribution in [0, 0.1) is 10.8 Å². The second-order valence-corrected chi connectivity index (χ2v) is 6.67. The molecule has 8 nitrogen and oxygen atoms in total. The first-order chi connectivity index (χ1) is 9.97. The fraction of sp³-hybridized carbons (Fsp3) is 0.714. The molecule has 2 aliphatic heterocycles. The second-order valence-electron chi connectivity index (χ2n) is 6.67. The van der Waals surface area contributed by atoms with Crippen LogP contribution in [0.1, 0.15) is 13.8 Å². The molecule has 0 aromatic rings. The molecule has 2 rings (SSSR count). The fourth-order valence-corrected chi connectivity index (χ4v) is 3.47. The fourth-order valence-electron chi connectivity index (χ4n) is 3.47. The van der Waals surface area contributed by atoms with Crippen molar-refractivity contribution in [1.82, 2.24) is 19.6 Å². The van der Waals surface area contributed by atoms with E-state index in [2.05, 4.69) is 0 Å². The molecule has 22 heavy (non-hydrogen) atoms. The lowest BCUT2D eigenvalue weighted by atomic mass is 9.61. The van der Waals surface area contributed by atoms with E-state index in [4.69, 9.17) is 0 Å². The maximum Gasteiger partial charge on any atom is 0.326 e. The smallest absolute Gasteiger partial charge is 0.326 e. The van der Waals surface area contributed by atoms with Gasteiger partial charge in [0.2, 0.25) is 11.8 Å². The van der Waals surface area contributed by atoms with Gasteiger partial charge in [0, 0.05) is 41.3 Å². The summed E-state index contributed by atoms with van der Waals surface area (Å²) in [5, 5.41) is 0. The zero-order chi connectivity index (χ0) is 17.0. The van der Waals surface area contributed by atoms with E-state index in [9.17, 15) is 19.2 Å². The number of imide groups is 2. The Balaban J connectivity index is 2.51. The van der Waals surface area contributed by atoms with Gasteiger partial charge >= 0.3 is 12.1 Å². The normalized spacial score (nSPS) is 33.9. The quantitative estimate of drug-likeness (QED) is 0.685. The van der Waals surface area contributed by atoms with E-state index in [1.807, 2.05) is 0 Å². The third kappa shape index (κ3) is 1.82. The molecule has 0 N–H and O–H groups in total. The van der Waals surface area contributed by atoms with Gasteiger partial charge in [-0.2, -0.15) is 0 Å². The van der Waals surface area contributed by atoms with E-state index < -0.39 is 34.7 Å². The first kappa shape index (κ1) is 16.3. The van der Waals surface area contributed by atoms with Gasteiger partial charge in [-0.1, -0.05) is 0 Å². The van der Waals surface area contributed by atoms with Crippen molar-refractivity contribution >= 4 is 23.9 Å². The number of hydrogen-bond donors (Lipinski definition) is 0. The molecule has 122 valence electrons. The van der Waals surface area contributed by atoms with Crippen LogP contribution in [0.4, 0.5) is 9.59 Å². The molecule has 0 aromatic carbocycles. The lowest BCUT2D eigenvalue weighted by Gasteiger charge is -2.53. The van der Waals surface area contributed by atoms with E-state index in [1.54, 1.807) is 27.9 Å². The third-order valence-electron chi connectivity index (χ3n) is 5.10. The van der Waals surface area contributed by atoms with E-state index >= 15 is 0 Å². The predicted octanol–water partition coefficient (Wildman–Crippen LogP) is 0.0466. The van der Waals surface area contributed by atoms with Crippen molar-refractivity contribution < 1.29 is 19.2 Å². The number of urea groups is 2. The summed E-state index contributed by atoms with van der Waals surface area (Å²) in [4.78, 5) is 54.3. The first-order valence-corrected chi connectivity index (χ1v) is 7.04. The molecule has 0 aromatic heterocycles. The molecule has 6 amide bonds. The van der Waals surface area contributed by atoms with Crippen molar-refractivity contribution in [3.63, 3.8) is 0 Å². The minimum atomic E-state index is -1.11.